The minimum atomic E-state index is 0.611. The summed E-state index contributed by atoms with van der Waals surface area (Å²) in [6.07, 6.45) is 2.83. The van der Waals surface area contributed by atoms with Crippen molar-refractivity contribution in [1.82, 2.24) is 9.97 Å². The molecule has 0 spiro atoms. The molecule has 0 bridgehead atoms. The molecule has 2 rings (SSSR count). The Morgan fingerprint density at radius 3 is 2.44 bits per heavy atom. The van der Waals surface area contributed by atoms with Crippen molar-refractivity contribution in [3.8, 4) is 11.4 Å². The smallest absolute Gasteiger partial charge is 0.159 e. The molecule has 0 amide bonds. The van der Waals surface area contributed by atoms with Crippen molar-refractivity contribution in [2.75, 3.05) is 12.4 Å². The van der Waals surface area contributed by atoms with Crippen LogP contribution in [0, 0.1) is 5.92 Å². The number of nitrogens with one attached hydrogen (secondary N) is 1. The zero-order valence-corrected chi connectivity index (χ0v) is 11.1. The Hall–Kier alpha value is -1.90. The Morgan fingerprint density at radius 1 is 1.11 bits per heavy atom. The van der Waals surface area contributed by atoms with Crippen LogP contribution < -0.4 is 5.32 Å². The number of benzene rings is 1. The Bertz CT molecular complexity index is 503. The van der Waals surface area contributed by atoms with Gasteiger partial charge in [-0.1, -0.05) is 13.8 Å². The molecule has 0 saturated heterocycles. The van der Waals surface area contributed by atoms with Crippen LogP contribution in [0.5, 0.6) is 0 Å². The number of hydrogen-bond acceptors (Lipinski definition) is 3. The van der Waals surface area contributed by atoms with E-state index in [0.717, 1.165) is 29.2 Å². The van der Waals surface area contributed by atoms with Gasteiger partial charge in [-0.2, -0.15) is 0 Å². The van der Waals surface area contributed by atoms with Crippen LogP contribution in [0.2, 0.25) is 0 Å². The summed E-state index contributed by atoms with van der Waals surface area (Å²) in [7, 11) is 1.91. The molecule has 1 aromatic heterocycles. The molecule has 0 aliphatic rings. The topological polar surface area (TPSA) is 37.8 Å². The molecular weight excluding hydrogens is 222 g/mol. The van der Waals surface area contributed by atoms with Crippen molar-refractivity contribution in [2.24, 2.45) is 5.92 Å². The van der Waals surface area contributed by atoms with E-state index < -0.39 is 0 Å². The SMILES string of the molecule is CNc1ccc(-c2nccc(CC(C)C)n2)cc1. The average molecular weight is 241 g/mol. The lowest BCUT2D eigenvalue weighted by molar-refractivity contribution is 0.634. The summed E-state index contributed by atoms with van der Waals surface area (Å²) in [6, 6.07) is 10.1. The first-order valence-electron chi connectivity index (χ1n) is 6.29. The quantitative estimate of drug-likeness (QED) is 0.891. The van der Waals surface area contributed by atoms with E-state index in [0.29, 0.717) is 5.92 Å². The van der Waals surface area contributed by atoms with Gasteiger partial charge in [-0.3, -0.25) is 0 Å². The van der Waals surface area contributed by atoms with Crippen LogP contribution in [0.15, 0.2) is 36.5 Å². The van der Waals surface area contributed by atoms with E-state index in [-0.39, 0.29) is 0 Å². The van der Waals surface area contributed by atoms with Gasteiger partial charge < -0.3 is 5.32 Å². The molecule has 0 radical (unpaired) electrons. The third kappa shape index (κ3) is 3.06. The fourth-order valence-corrected chi connectivity index (χ4v) is 1.85. The van der Waals surface area contributed by atoms with Gasteiger partial charge in [-0.15, -0.1) is 0 Å². The number of hydrogen-bond donors (Lipinski definition) is 1. The Morgan fingerprint density at radius 2 is 1.83 bits per heavy atom. The van der Waals surface area contributed by atoms with Gasteiger partial charge in [0.25, 0.3) is 0 Å². The van der Waals surface area contributed by atoms with Crippen molar-refractivity contribution in [2.45, 2.75) is 20.3 Å². The fraction of sp³-hybridized carbons (Fsp3) is 0.333. The first-order chi connectivity index (χ1) is 8.69. The lowest BCUT2D eigenvalue weighted by Gasteiger charge is -2.06. The van der Waals surface area contributed by atoms with Gasteiger partial charge in [0, 0.05) is 30.2 Å². The summed E-state index contributed by atoms with van der Waals surface area (Å²) in [6.45, 7) is 4.40. The van der Waals surface area contributed by atoms with E-state index in [2.05, 4.69) is 29.1 Å². The molecule has 0 unspecified atom stereocenters. The lowest BCUT2D eigenvalue weighted by atomic mass is 10.1. The number of rotatable bonds is 4. The second-order valence-corrected chi connectivity index (χ2v) is 4.80. The summed E-state index contributed by atoms with van der Waals surface area (Å²) < 4.78 is 0. The maximum absolute atomic E-state index is 4.61. The van der Waals surface area contributed by atoms with E-state index in [9.17, 15) is 0 Å². The second kappa shape index (κ2) is 5.63. The van der Waals surface area contributed by atoms with Crippen LogP contribution >= 0.6 is 0 Å². The van der Waals surface area contributed by atoms with Gasteiger partial charge in [0.1, 0.15) is 0 Å². The molecule has 0 aliphatic carbocycles. The molecule has 2 aromatic rings. The van der Waals surface area contributed by atoms with Gasteiger partial charge in [0.15, 0.2) is 5.82 Å². The molecule has 3 nitrogen and oxygen atoms in total. The Balaban J connectivity index is 2.26. The number of anilines is 1. The van der Waals surface area contributed by atoms with Crippen LogP contribution in [0.3, 0.4) is 0 Å². The van der Waals surface area contributed by atoms with Gasteiger partial charge in [-0.25, -0.2) is 9.97 Å². The van der Waals surface area contributed by atoms with Crippen LogP contribution in [0.4, 0.5) is 5.69 Å². The van der Waals surface area contributed by atoms with Crippen LogP contribution in [-0.2, 0) is 6.42 Å². The second-order valence-electron chi connectivity index (χ2n) is 4.80. The summed E-state index contributed by atoms with van der Waals surface area (Å²) in [5.74, 6) is 1.41. The van der Waals surface area contributed by atoms with Crippen molar-refractivity contribution >= 4 is 5.69 Å². The molecule has 1 heterocycles. The fourth-order valence-electron chi connectivity index (χ4n) is 1.85. The molecule has 3 heteroatoms. The molecule has 0 aliphatic heterocycles. The van der Waals surface area contributed by atoms with Crippen LogP contribution in [0.1, 0.15) is 19.5 Å². The molecule has 1 aromatic carbocycles. The Labute approximate surface area is 108 Å². The first kappa shape index (κ1) is 12.6. The summed E-state index contributed by atoms with van der Waals surface area (Å²) in [4.78, 5) is 8.95. The molecule has 0 saturated carbocycles. The predicted octanol–water partition coefficient (Wildman–Crippen LogP) is 3.38. The normalized spacial score (nSPS) is 10.7. The largest absolute Gasteiger partial charge is 0.388 e. The van der Waals surface area contributed by atoms with Crippen molar-refractivity contribution in [3.05, 3.63) is 42.2 Å². The van der Waals surface area contributed by atoms with Crippen molar-refractivity contribution in [1.29, 1.82) is 0 Å². The minimum absolute atomic E-state index is 0.611. The molecule has 0 atom stereocenters. The summed E-state index contributed by atoms with van der Waals surface area (Å²) in [5, 5.41) is 3.10. The standard InChI is InChI=1S/C15H19N3/c1-11(2)10-14-8-9-17-15(18-14)12-4-6-13(16-3)7-5-12/h4-9,11,16H,10H2,1-3H3. The minimum Gasteiger partial charge on any atom is -0.388 e. The lowest BCUT2D eigenvalue weighted by Crippen LogP contribution is -1.99. The molecule has 94 valence electrons. The van der Waals surface area contributed by atoms with Gasteiger partial charge in [-0.05, 0) is 42.7 Å². The summed E-state index contributed by atoms with van der Waals surface area (Å²) >= 11 is 0. The van der Waals surface area contributed by atoms with Gasteiger partial charge in [0.2, 0.25) is 0 Å². The highest BCUT2D eigenvalue weighted by molar-refractivity contribution is 5.59. The third-order valence-corrected chi connectivity index (χ3v) is 2.76. The van der Waals surface area contributed by atoms with Crippen molar-refractivity contribution in [3.63, 3.8) is 0 Å². The van der Waals surface area contributed by atoms with Gasteiger partial charge in [0.05, 0.1) is 0 Å². The summed E-state index contributed by atoms with van der Waals surface area (Å²) in [5.41, 5.74) is 3.25. The first-order valence-corrected chi connectivity index (χ1v) is 6.29. The Kier molecular flexibility index (Phi) is 3.92. The highest BCUT2D eigenvalue weighted by Gasteiger charge is 2.04. The van der Waals surface area contributed by atoms with E-state index >= 15 is 0 Å². The van der Waals surface area contributed by atoms with E-state index in [1.54, 1.807) is 0 Å². The number of aromatic nitrogens is 2. The maximum atomic E-state index is 4.61. The monoisotopic (exact) mass is 241 g/mol. The highest BCUT2D eigenvalue weighted by Crippen LogP contribution is 2.18. The number of nitrogens with zero attached hydrogens (tertiary/aromatic N) is 2. The zero-order chi connectivity index (χ0) is 13.0. The average Bonchev–Trinajstić information content (AvgIpc) is 2.38. The molecular formula is C15H19N3. The van der Waals surface area contributed by atoms with Crippen LogP contribution in [0.25, 0.3) is 11.4 Å². The highest BCUT2D eigenvalue weighted by atomic mass is 14.9. The van der Waals surface area contributed by atoms with Crippen LogP contribution in [-0.4, -0.2) is 17.0 Å². The van der Waals surface area contributed by atoms with E-state index in [1.807, 2.05) is 43.6 Å². The van der Waals surface area contributed by atoms with Gasteiger partial charge >= 0.3 is 0 Å². The van der Waals surface area contributed by atoms with E-state index in [4.69, 9.17) is 0 Å². The zero-order valence-electron chi connectivity index (χ0n) is 11.1. The van der Waals surface area contributed by atoms with E-state index in [1.165, 1.54) is 0 Å². The maximum Gasteiger partial charge on any atom is 0.159 e. The molecule has 0 fully saturated rings. The third-order valence-electron chi connectivity index (χ3n) is 2.76. The van der Waals surface area contributed by atoms with Crippen molar-refractivity contribution < 1.29 is 0 Å². The predicted molar refractivity (Wildman–Crippen MR) is 75.6 cm³/mol. The molecule has 1 N–H and O–H groups in total. The molecule has 18 heavy (non-hydrogen) atoms.